The molecule has 0 radical (unpaired) electrons. The Kier molecular flexibility index (Phi) is 4.31. The van der Waals surface area contributed by atoms with Gasteiger partial charge in [-0.25, -0.2) is 4.39 Å². The van der Waals surface area contributed by atoms with Crippen LogP contribution in [0.2, 0.25) is 0 Å². The van der Waals surface area contributed by atoms with Gasteiger partial charge in [0.25, 0.3) is 0 Å². The van der Waals surface area contributed by atoms with E-state index in [1.807, 2.05) is 30.3 Å². The minimum atomic E-state index is -0.219. The molecule has 0 aliphatic carbocycles. The van der Waals surface area contributed by atoms with Crippen LogP contribution in [0.4, 0.5) is 10.1 Å². The van der Waals surface area contributed by atoms with E-state index in [2.05, 4.69) is 5.32 Å². The zero-order valence-corrected chi connectivity index (χ0v) is 10.1. The van der Waals surface area contributed by atoms with E-state index in [1.54, 1.807) is 6.07 Å². The SMILES string of the molecule is OCCc1cccc(NCc2cccc(F)c2)c1. The molecule has 2 aromatic rings. The topological polar surface area (TPSA) is 32.3 Å². The second kappa shape index (κ2) is 6.17. The Hall–Kier alpha value is -1.87. The van der Waals surface area contributed by atoms with Gasteiger partial charge in [-0.15, -0.1) is 0 Å². The Morgan fingerprint density at radius 2 is 1.78 bits per heavy atom. The van der Waals surface area contributed by atoms with Gasteiger partial charge in [-0.05, 0) is 41.8 Å². The zero-order chi connectivity index (χ0) is 12.8. The highest BCUT2D eigenvalue weighted by atomic mass is 19.1. The molecule has 0 saturated carbocycles. The third-order valence-electron chi connectivity index (χ3n) is 2.71. The van der Waals surface area contributed by atoms with Crippen molar-refractivity contribution in [2.24, 2.45) is 0 Å². The largest absolute Gasteiger partial charge is 0.396 e. The van der Waals surface area contributed by atoms with Crippen LogP contribution in [0.15, 0.2) is 48.5 Å². The average molecular weight is 245 g/mol. The standard InChI is InChI=1S/C15H16FNO/c16-14-5-1-4-13(9-14)11-17-15-6-2-3-12(10-15)7-8-18/h1-6,9-10,17-18H,7-8,11H2. The molecule has 0 aliphatic heterocycles. The third kappa shape index (κ3) is 3.57. The zero-order valence-electron chi connectivity index (χ0n) is 10.1. The number of benzene rings is 2. The fraction of sp³-hybridized carbons (Fsp3) is 0.200. The predicted octanol–water partition coefficient (Wildman–Crippen LogP) is 2.97. The molecule has 0 amide bonds. The predicted molar refractivity (Wildman–Crippen MR) is 71.0 cm³/mol. The van der Waals surface area contributed by atoms with E-state index in [9.17, 15) is 4.39 Å². The van der Waals surface area contributed by atoms with Crippen LogP contribution in [0.3, 0.4) is 0 Å². The van der Waals surface area contributed by atoms with E-state index in [0.717, 1.165) is 16.8 Å². The van der Waals surface area contributed by atoms with Crippen molar-refractivity contribution in [1.82, 2.24) is 0 Å². The highest BCUT2D eigenvalue weighted by molar-refractivity contribution is 5.46. The summed E-state index contributed by atoms with van der Waals surface area (Å²) in [6.07, 6.45) is 0.648. The lowest BCUT2D eigenvalue weighted by Gasteiger charge is -2.08. The summed E-state index contributed by atoms with van der Waals surface area (Å²) in [6.45, 7) is 0.730. The second-order valence-electron chi connectivity index (χ2n) is 4.16. The Bertz CT molecular complexity index is 513. The van der Waals surface area contributed by atoms with Crippen LogP contribution in [-0.2, 0) is 13.0 Å². The van der Waals surface area contributed by atoms with Crippen LogP contribution >= 0.6 is 0 Å². The molecule has 2 rings (SSSR count). The second-order valence-corrected chi connectivity index (χ2v) is 4.16. The number of nitrogens with one attached hydrogen (secondary N) is 1. The number of aliphatic hydroxyl groups excluding tert-OH is 1. The van der Waals surface area contributed by atoms with Crippen LogP contribution in [0, 0.1) is 5.82 Å². The molecule has 2 N–H and O–H groups in total. The fourth-order valence-electron chi connectivity index (χ4n) is 1.82. The van der Waals surface area contributed by atoms with Crippen molar-refractivity contribution in [1.29, 1.82) is 0 Å². The lowest BCUT2D eigenvalue weighted by atomic mass is 10.1. The first-order valence-corrected chi connectivity index (χ1v) is 5.96. The number of aliphatic hydroxyl groups is 1. The van der Waals surface area contributed by atoms with Gasteiger partial charge in [-0.2, -0.15) is 0 Å². The summed E-state index contributed by atoms with van der Waals surface area (Å²) in [6, 6.07) is 14.4. The van der Waals surface area contributed by atoms with Gasteiger partial charge in [-0.1, -0.05) is 24.3 Å². The summed E-state index contributed by atoms with van der Waals surface area (Å²) in [5.41, 5.74) is 2.97. The molecule has 0 spiro atoms. The van der Waals surface area contributed by atoms with Gasteiger partial charge in [0.05, 0.1) is 0 Å². The summed E-state index contributed by atoms with van der Waals surface area (Å²) in [5, 5.41) is 12.1. The van der Waals surface area contributed by atoms with E-state index < -0.39 is 0 Å². The maximum Gasteiger partial charge on any atom is 0.123 e. The third-order valence-corrected chi connectivity index (χ3v) is 2.71. The summed E-state index contributed by atoms with van der Waals surface area (Å²) >= 11 is 0. The van der Waals surface area contributed by atoms with Gasteiger partial charge in [0.1, 0.15) is 5.82 Å². The molecular weight excluding hydrogens is 229 g/mol. The summed E-state index contributed by atoms with van der Waals surface area (Å²) in [4.78, 5) is 0. The van der Waals surface area contributed by atoms with Gasteiger partial charge in [0.15, 0.2) is 0 Å². The molecule has 0 atom stereocenters. The van der Waals surface area contributed by atoms with E-state index in [1.165, 1.54) is 12.1 Å². The normalized spacial score (nSPS) is 10.3. The Morgan fingerprint density at radius 3 is 2.56 bits per heavy atom. The molecular formula is C15H16FNO. The van der Waals surface area contributed by atoms with Crippen molar-refractivity contribution in [3.8, 4) is 0 Å². The van der Waals surface area contributed by atoms with Crippen LogP contribution in [0.1, 0.15) is 11.1 Å². The minimum Gasteiger partial charge on any atom is -0.396 e. The molecule has 0 fully saturated rings. The summed E-state index contributed by atoms with van der Waals surface area (Å²) < 4.78 is 13.0. The van der Waals surface area contributed by atoms with Gasteiger partial charge in [0, 0.05) is 18.8 Å². The van der Waals surface area contributed by atoms with Crippen LogP contribution in [0.5, 0.6) is 0 Å². The van der Waals surface area contributed by atoms with Crippen LogP contribution in [-0.4, -0.2) is 11.7 Å². The number of anilines is 1. The van der Waals surface area contributed by atoms with E-state index >= 15 is 0 Å². The van der Waals surface area contributed by atoms with Crippen molar-refractivity contribution < 1.29 is 9.50 Å². The molecule has 18 heavy (non-hydrogen) atoms. The molecule has 0 bridgehead atoms. The first-order valence-electron chi connectivity index (χ1n) is 5.96. The lowest BCUT2D eigenvalue weighted by molar-refractivity contribution is 0.299. The molecule has 0 unspecified atom stereocenters. The molecule has 2 aromatic carbocycles. The molecule has 2 nitrogen and oxygen atoms in total. The van der Waals surface area contributed by atoms with E-state index in [-0.39, 0.29) is 12.4 Å². The highest BCUT2D eigenvalue weighted by Crippen LogP contribution is 2.13. The molecule has 0 heterocycles. The van der Waals surface area contributed by atoms with Gasteiger partial charge < -0.3 is 10.4 Å². The van der Waals surface area contributed by atoms with Gasteiger partial charge >= 0.3 is 0 Å². The van der Waals surface area contributed by atoms with Crippen molar-refractivity contribution in [2.75, 3.05) is 11.9 Å². The van der Waals surface area contributed by atoms with Crippen LogP contribution in [0.25, 0.3) is 0 Å². The fourth-order valence-corrected chi connectivity index (χ4v) is 1.82. The first kappa shape index (κ1) is 12.6. The maximum absolute atomic E-state index is 13.0. The molecule has 3 heteroatoms. The number of hydrogen-bond acceptors (Lipinski definition) is 2. The molecule has 0 aliphatic rings. The van der Waals surface area contributed by atoms with Gasteiger partial charge in [-0.3, -0.25) is 0 Å². The number of rotatable bonds is 5. The summed E-state index contributed by atoms with van der Waals surface area (Å²) in [7, 11) is 0. The summed E-state index contributed by atoms with van der Waals surface area (Å²) in [5.74, 6) is -0.219. The highest BCUT2D eigenvalue weighted by Gasteiger charge is 1.97. The molecule has 94 valence electrons. The first-order chi connectivity index (χ1) is 8.78. The molecule has 0 aromatic heterocycles. The molecule has 0 saturated heterocycles. The van der Waals surface area contributed by atoms with Crippen LogP contribution < -0.4 is 5.32 Å². The van der Waals surface area contributed by atoms with Crippen molar-refractivity contribution >= 4 is 5.69 Å². The quantitative estimate of drug-likeness (QED) is 0.848. The number of halogens is 1. The monoisotopic (exact) mass is 245 g/mol. The average Bonchev–Trinajstić information content (AvgIpc) is 2.37. The van der Waals surface area contributed by atoms with Crippen molar-refractivity contribution in [3.05, 3.63) is 65.5 Å². The maximum atomic E-state index is 13.0. The smallest absolute Gasteiger partial charge is 0.123 e. The lowest BCUT2D eigenvalue weighted by Crippen LogP contribution is -2.00. The van der Waals surface area contributed by atoms with Gasteiger partial charge in [0.2, 0.25) is 0 Å². The Balaban J connectivity index is 1.99. The van der Waals surface area contributed by atoms with Crippen molar-refractivity contribution in [2.45, 2.75) is 13.0 Å². The minimum absolute atomic E-state index is 0.146. The Morgan fingerprint density at radius 1 is 1.00 bits per heavy atom. The van der Waals surface area contributed by atoms with E-state index in [4.69, 9.17) is 5.11 Å². The number of hydrogen-bond donors (Lipinski definition) is 2. The van der Waals surface area contributed by atoms with Crippen molar-refractivity contribution in [3.63, 3.8) is 0 Å². The van der Waals surface area contributed by atoms with E-state index in [0.29, 0.717) is 13.0 Å². The Labute approximate surface area is 106 Å².